The van der Waals surface area contributed by atoms with Gasteiger partial charge < -0.3 is 25.2 Å². The molecule has 0 aliphatic carbocycles. The number of piperidine rings is 1. The lowest BCUT2D eigenvalue weighted by molar-refractivity contribution is -0.152. The van der Waals surface area contributed by atoms with Gasteiger partial charge in [0.25, 0.3) is 0 Å². The Morgan fingerprint density at radius 3 is 2.54 bits per heavy atom. The molecule has 1 aliphatic rings. The van der Waals surface area contributed by atoms with Crippen LogP contribution in [0, 0.1) is 17.0 Å². The summed E-state index contributed by atoms with van der Waals surface area (Å²) in [5, 5.41) is 23.9. The lowest BCUT2D eigenvalue weighted by Crippen LogP contribution is -2.45. The van der Waals surface area contributed by atoms with Crippen LogP contribution in [0.4, 0.5) is 14.5 Å². The van der Waals surface area contributed by atoms with Crippen LogP contribution < -0.4 is 10.1 Å². The molecule has 1 saturated heterocycles. The van der Waals surface area contributed by atoms with E-state index < -0.39 is 23.0 Å². The van der Waals surface area contributed by atoms with Crippen molar-refractivity contribution >= 4 is 22.6 Å². The van der Waals surface area contributed by atoms with E-state index in [1.54, 1.807) is 13.3 Å². The van der Waals surface area contributed by atoms with E-state index in [0.717, 1.165) is 28.1 Å². The molecular weight excluding hydrogens is 480 g/mol. The summed E-state index contributed by atoms with van der Waals surface area (Å²) in [6, 6.07) is 8.97. The number of aliphatic hydroxyl groups is 1. The first-order valence-electron chi connectivity index (χ1n) is 12.5. The fourth-order valence-corrected chi connectivity index (χ4v) is 5.22. The Balaban J connectivity index is 1.35. The minimum absolute atomic E-state index is 0.134. The number of hydrogen-bond donors (Lipinski definition) is 3. The van der Waals surface area contributed by atoms with Crippen LogP contribution in [-0.2, 0) is 17.8 Å². The predicted molar refractivity (Wildman–Crippen MR) is 138 cm³/mol. The topological polar surface area (TPSA) is 94.9 Å². The molecule has 0 saturated carbocycles. The number of carbonyl (C=O) groups is 1. The Bertz CT molecular complexity index is 1220. The Kier molecular flexibility index (Phi) is 8.56. The summed E-state index contributed by atoms with van der Waals surface area (Å²) < 4.78 is 32.1. The van der Waals surface area contributed by atoms with Crippen LogP contribution >= 0.6 is 0 Å². The molecule has 0 spiro atoms. The van der Waals surface area contributed by atoms with Crippen LogP contribution in [0.2, 0.25) is 0 Å². The zero-order valence-electron chi connectivity index (χ0n) is 21.0. The second kappa shape index (κ2) is 11.8. The van der Waals surface area contributed by atoms with E-state index in [1.807, 2.05) is 18.2 Å². The Hall–Kier alpha value is -3.30. The van der Waals surface area contributed by atoms with E-state index in [0.29, 0.717) is 69.7 Å². The zero-order valence-corrected chi connectivity index (χ0v) is 21.0. The average Bonchev–Trinajstić information content (AvgIpc) is 2.88. The van der Waals surface area contributed by atoms with Crippen molar-refractivity contribution in [3.63, 3.8) is 0 Å². The van der Waals surface area contributed by atoms with Crippen LogP contribution in [0.3, 0.4) is 0 Å². The molecule has 0 radical (unpaired) electrons. The zero-order chi connectivity index (χ0) is 26.4. The number of carboxylic acids is 1. The number of aryl methyl sites for hydroxylation is 1. The standard InChI is InChI=1S/C28H33F2N3O4/c1-37-23-4-5-26-25(16-23)24(19(18-34)17-32-26)3-2-6-28(27(35)36)7-10-33(11-8-28)12-9-31-22-14-20(29)13-21(30)15-22/h4-5,13-17,31,34H,2-3,6-12,18H2,1H3,(H,35,36). The number of benzene rings is 2. The molecule has 4 rings (SSSR count). The van der Waals surface area contributed by atoms with Gasteiger partial charge in [-0.3, -0.25) is 9.78 Å². The van der Waals surface area contributed by atoms with E-state index in [1.165, 1.54) is 12.1 Å². The molecule has 37 heavy (non-hydrogen) atoms. The lowest BCUT2D eigenvalue weighted by atomic mass is 9.74. The molecule has 1 aromatic heterocycles. The predicted octanol–water partition coefficient (Wildman–Crippen LogP) is 4.62. The van der Waals surface area contributed by atoms with Crippen LogP contribution in [-0.4, -0.2) is 59.4 Å². The highest BCUT2D eigenvalue weighted by Gasteiger charge is 2.40. The fraction of sp³-hybridized carbons (Fsp3) is 0.429. The second-order valence-corrected chi connectivity index (χ2v) is 9.67. The van der Waals surface area contributed by atoms with Crippen molar-refractivity contribution in [3.05, 3.63) is 65.4 Å². The fourth-order valence-electron chi connectivity index (χ4n) is 5.22. The maximum absolute atomic E-state index is 13.4. The SMILES string of the molecule is COc1ccc2ncc(CO)c(CCCC3(C(=O)O)CCN(CCNc4cc(F)cc(F)c4)CC3)c2c1. The van der Waals surface area contributed by atoms with Gasteiger partial charge in [0.05, 0.1) is 24.6 Å². The molecule has 9 heteroatoms. The summed E-state index contributed by atoms with van der Waals surface area (Å²) in [6.07, 6.45) is 4.60. The maximum Gasteiger partial charge on any atom is 0.309 e. The number of aromatic nitrogens is 1. The number of anilines is 1. The lowest BCUT2D eigenvalue weighted by Gasteiger charge is -2.39. The van der Waals surface area contributed by atoms with Gasteiger partial charge in [0.2, 0.25) is 0 Å². The van der Waals surface area contributed by atoms with E-state index in [4.69, 9.17) is 4.74 Å². The van der Waals surface area contributed by atoms with E-state index in [-0.39, 0.29) is 6.61 Å². The van der Waals surface area contributed by atoms with Crippen LogP contribution in [0.15, 0.2) is 42.6 Å². The van der Waals surface area contributed by atoms with Crippen molar-refractivity contribution in [2.24, 2.45) is 5.41 Å². The molecular formula is C28H33F2N3O4. The summed E-state index contributed by atoms with van der Waals surface area (Å²) in [7, 11) is 1.60. The molecule has 1 aliphatic heterocycles. The van der Waals surface area contributed by atoms with E-state index in [2.05, 4.69) is 15.2 Å². The molecule has 1 fully saturated rings. The molecule has 0 amide bonds. The Labute approximate surface area is 215 Å². The quantitative estimate of drug-likeness (QED) is 0.345. The van der Waals surface area contributed by atoms with E-state index >= 15 is 0 Å². The van der Waals surface area contributed by atoms with Crippen LogP contribution in [0.5, 0.6) is 5.75 Å². The first kappa shape index (κ1) is 26.8. The van der Waals surface area contributed by atoms with Crippen molar-refractivity contribution in [2.45, 2.75) is 38.7 Å². The molecule has 2 aromatic carbocycles. The number of pyridine rings is 1. The van der Waals surface area contributed by atoms with Crippen molar-refractivity contribution in [1.82, 2.24) is 9.88 Å². The summed E-state index contributed by atoms with van der Waals surface area (Å²) in [5.41, 5.74) is 2.12. The number of methoxy groups -OCH3 is 1. The number of nitrogens with zero attached hydrogens (tertiary/aromatic N) is 2. The summed E-state index contributed by atoms with van der Waals surface area (Å²) in [6.45, 7) is 2.31. The van der Waals surface area contributed by atoms with Gasteiger partial charge in [-0.2, -0.15) is 0 Å². The second-order valence-electron chi connectivity index (χ2n) is 9.67. The maximum atomic E-state index is 13.4. The van der Waals surface area contributed by atoms with Gasteiger partial charge in [-0.15, -0.1) is 0 Å². The monoisotopic (exact) mass is 513 g/mol. The number of hydrogen-bond acceptors (Lipinski definition) is 6. The van der Waals surface area contributed by atoms with Crippen LogP contribution in [0.25, 0.3) is 10.9 Å². The summed E-state index contributed by atoms with van der Waals surface area (Å²) in [4.78, 5) is 18.9. The molecule has 3 aromatic rings. The smallest absolute Gasteiger partial charge is 0.309 e. The molecule has 0 atom stereocenters. The Morgan fingerprint density at radius 1 is 1.16 bits per heavy atom. The number of halogens is 2. The van der Waals surface area contributed by atoms with Gasteiger partial charge in [0, 0.05) is 36.4 Å². The van der Waals surface area contributed by atoms with Gasteiger partial charge in [-0.1, -0.05) is 0 Å². The largest absolute Gasteiger partial charge is 0.497 e. The molecule has 198 valence electrons. The number of fused-ring (bicyclic) bond motifs is 1. The minimum Gasteiger partial charge on any atom is -0.497 e. The van der Waals surface area contributed by atoms with Crippen molar-refractivity contribution < 1.29 is 28.5 Å². The van der Waals surface area contributed by atoms with Gasteiger partial charge in [-0.05, 0) is 86.7 Å². The summed E-state index contributed by atoms with van der Waals surface area (Å²) in [5.74, 6) is -1.32. The molecule has 0 bridgehead atoms. The van der Waals surface area contributed by atoms with Gasteiger partial charge >= 0.3 is 5.97 Å². The summed E-state index contributed by atoms with van der Waals surface area (Å²) >= 11 is 0. The van der Waals surface area contributed by atoms with Crippen LogP contribution in [0.1, 0.15) is 36.8 Å². The third kappa shape index (κ3) is 6.34. The highest BCUT2D eigenvalue weighted by atomic mass is 19.1. The van der Waals surface area contributed by atoms with Gasteiger partial charge in [0.15, 0.2) is 0 Å². The highest BCUT2D eigenvalue weighted by Crippen LogP contribution is 2.38. The molecule has 7 nitrogen and oxygen atoms in total. The van der Waals surface area contributed by atoms with Crippen molar-refractivity contribution in [3.8, 4) is 5.75 Å². The van der Waals surface area contributed by atoms with Crippen molar-refractivity contribution in [1.29, 1.82) is 0 Å². The van der Waals surface area contributed by atoms with E-state index in [9.17, 15) is 23.8 Å². The van der Waals surface area contributed by atoms with Gasteiger partial charge in [-0.25, -0.2) is 8.78 Å². The number of aliphatic carboxylic acids is 1. The average molecular weight is 514 g/mol. The first-order valence-corrected chi connectivity index (χ1v) is 12.5. The number of carboxylic acid groups (broad SMARTS) is 1. The molecule has 0 unspecified atom stereocenters. The number of rotatable bonds is 11. The van der Waals surface area contributed by atoms with Crippen molar-refractivity contribution in [2.75, 3.05) is 38.6 Å². The Morgan fingerprint density at radius 2 is 1.89 bits per heavy atom. The number of nitrogens with one attached hydrogen (secondary N) is 1. The first-order chi connectivity index (χ1) is 17.8. The minimum atomic E-state index is -0.796. The van der Waals surface area contributed by atoms with Gasteiger partial charge in [0.1, 0.15) is 17.4 Å². The number of ether oxygens (including phenoxy) is 1. The molecule has 3 N–H and O–H groups in total. The molecule has 2 heterocycles. The number of aliphatic hydroxyl groups excluding tert-OH is 1. The third-order valence-electron chi connectivity index (χ3n) is 7.41. The highest BCUT2D eigenvalue weighted by molar-refractivity contribution is 5.84. The third-order valence-corrected chi connectivity index (χ3v) is 7.41. The normalized spacial score (nSPS) is 15.6. The number of likely N-dealkylation sites (tertiary alicyclic amines) is 1.